The Morgan fingerprint density at radius 1 is 1.00 bits per heavy atom. The van der Waals surface area contributed by atoms with Crippen LogP contribution < -0.4 is 5.41 Å². The van der Waals surface area contributed by atoms with Crippen molar-refractivity contribution in [3.63, 3.8) is 0 Å². The zero-order chi connectivity index (χ0) is 18.1. The van der Waals surface area contributed by atoms with Crippen molar-refractivity contribution in [1.29, 1.82) is 5.41 Å². The first-order valence-electron chi connectivity index (χ1n) is 8.13. The first-order valence-corrected chi connectivity index (χ1v) is 8.13. The van der Waals surface area contributed by atoms with E-state index in [9.17, 15) is 4.39 Å². The number of nitrogens with one attached hydrogen (secondary N) is 2. The third kappa shape index (κ3) is 2.80. The lowest BCUT2D eigenvalue weighted by atomic mass is 9.98. The van der Waals surface area contributed by atoms with Gasteiger partial charge < -0.3 is 4.98 Å². The van der Waals surface area contributed by atoms with Gasteiger partial charge in [-0.05, 0) is 48.5 Å². The summed E-state index contributed by atoms with van der Waals surface area (Å²) in [5.41, 5.74) is 4.61. The molecule has 0 atom stereocenters. The molecule has 0 saturated carbocycles. The molecule has 0 saturated heterocycles. The van der Waals surface area contributed by atoms with Gasteiger partial charge in [-0.2, -0.15) is 0 Å². The van der Waals surface area contributed by atoms with Gasteiger partial charge in [0.25, 0.3) is 0 Å². The molecule has 4 N–H and O–H groups in total. The van der Waals surface area contributed by atoms with Crippen molar-refractivity contribution in [2.75, 3.05) is 0 Å². The lowest BCUT2D eigenvalue weighted by Crippen LogP contribution is -2.45. The maximum absolute atomic E-state index is 13.1. The van der Waals surface area contributed by atoms with Gasteiger partial charge in [0.2, 0.25) is 5.71 Å². The number of hydrogen-bond donors (Lipinski definition) is 3. The van der Waals surface area contributed by atoms with Gasteiger partial charge >= 0.3 is 0 Å². The fraction of sp³-hybridized carbons (Fsp3) is 0. The normalized spacial score (nSPS) is 10.8. The van der Waals surface area contributed by atoms with Crippen LogP contribution in [0.1, 0.15) is 11.1 Å². The smallest absolute Gasteiger partial charge is 0.229 e. The van der Waals surface area contributed by atoms with E-state index in [1.54, 1.807) is 18.3 Å². The summed E-state index contributed by atoms with van der Waals surface area (Å²) in [6.45, 7) is 0. The van der Waals surface area contributed by atoms with Gasteiger partial charge in [-0.25, -0.2) is 4.39 Å². The molecule has 0 bridgehead atoms. The summed E-state index contributed by atoms with van der Waals surface area (Å²) in [6, 6.07) is 17.3. The van der Waals surface area contributed by atoms with Crippen LogP contribution in [0.5, 0.6) is 0 Å². The summed E-state index contributed by atoms with van der Waals surface area (Å²) in [5.74, 6) is -0.332. The summed E-state index contributed by atoms with van der Waals surface area (Å²) in [7, 11) is 0. The van der Waals surface area contributed by atoms with Gasteiger partial charge in [0.15, 0.2) is 0 Å². The van der Waals surface area contributed by atoms with Gasteiger partial charge in [0, 0.05) is 40.0 Å². The summed E-state index contributed by atoms with van der Waals surface area (Å²) in [4.78, 5) is 7.63. The third-order valence-electron chi connectivity index (χ3n) is 4.34. The molecule has 0 aliphatic rings. The number of pyridine rings is 1. The molecular weight excluding hydrogens is 327 g/mol. The largest absolute Gasteiger partial charge is 0.360 e. The predicted molar refractivity (Wildman–Crippen MR) is 101 cm³/mol. The highest BCUT2D eigenvalue weighted by Crippen LogP contribution is 2.28. The van der Waals surface area contributed by atoms with E-state index in [-0.39, 0.29) is 11.5 Å². The number of aromatic nitrogens is 2. The molecule has 5 heteroatoms. The molecule has 0 radical (unpaired) electrons. The van der Waals surface area contributed by atoms with Crippen LogP contribution in [0.25, 0.3) is 22.2 Å². The van der Waals surface area contributed by atoms with Gasteiger partial charge in [0.1, 0.15) is 11.5 Å². The van der Waals surface area contributed by atoms with Gasteiger partial charge in [-0.3, -0.25) is 15.8 Å². The number of H-pyrrole nitrogens is 1. The molecule has 0 aliphatic carbocycles. The molecule has 4 nitrogen and oxygen atoms in total. The topological polar surface area (TPSA) is 78.1 Å². The average Bonchev–Trinajstić information content (AvgIpc) is 3.11. The Kier molecular flexibility index (Phi) is 3.89. The van der Waals surface area contributed by atoms with E-state index in [1.807, 2.05) is 42.6 Å². The molecule has 2 heterocycles. The molecule has 2 aromatic heterocycles. The number of benzene rings is 2. The number of rotatable bonds is 4. The molecule has 0 unspecified atom stereocenters. The Morgan fingerprint density at radius 3 is 2.50 bits per heavy atom. The second-order valence-electron chi connectivity index (χ2n) is 5.97. The highest BCUT2D eigenvalue weighted by molar-refractivity contribution is 6.50. The van der Waals surface area contributed by atoms with Crippen LogP contribution in [0.3, 0.4) is 0 Å². The molecular formula is C21H16FN4+. The fourth-order valence-corrected chi connectivity index (χ4v) is 2.94. The zero-order valence-electron chi connectivity index (χ0n) is 13.8. The minimum atomic E-state index is -0.332. The summed E-state index contributed by atoms with van der Waals surface area (Å²) >= 11 is 0. The van der Waals surface area contributed by atoms with Crippen molar-refractivity contribution >= 4 is 22.3 Å². The van der Waals surface area contributed by atoms with Gasteiger partial charge in [-0.1, -0.05) is 12.1 Å². The molecule has 0 amide bonds. The Labute approximate surface area is 149 Å². The predicted octanol–water partition coefficient (Wildman–Crippen LogP) is 2.99. The monoisotopic (exact) mass is 343 g/mol. The van der Waals surface area contributed by atoms with E-state index in [1.165, 1.54) is 12.1 Å². The van der Waals surface area contributed by atoms with Crippen LogP contribution in [-0.2, 0) is 0 Å². The SMILES string of the molecule is N=C(C(=[NH2+])c1ccc(F)cc1)c1ccc2[nH]cc(-c3ccccn3)c2c1. The molecule has 0 fully saturated rings. The number of halogens is 1. The van der Waals surface area contributed by atoms with Gasteiger partial charge in [-0.15, -0.1) is 0 Å². The van der Waals surface area contributed by atoms with E-state index in [4.69, 9.17) is 10.8 Å². The van der Waals surface area contributed by atoms with Crippen molar-refractivity contribution < 1.29 is 9.80 Å². The maximum Gasteiger partial charge on any atom is 0.229 e. The molecule has 2 aromatic carbocycles. The van der Waals surface area contributed by atoms with Crippen LogP contribution in [0.15, 0.2) is 73.1 Å². The Hall–Kier alpha value is -3.60. The molecule has 26 heavy (non-hydrogen) atoms. The summed E-state index contributed by atoms with van der Waals surface area (Å²) in [6.07, 6.45) is 3.66. The third-order valence-corrected chi connectivity index (χ3v) is 4.34. The van der Waals surface area contributed by atoms with Crippen LogP contribution in [0.2, 0.25) is 0 Å². The van der Waals surface area contributed by atoms with Crippen molar-refractivity contribution in [2.24, 2.45) is 0 Å². The summed E-state index contributed by atoms with van der Waals surface area (Å²) < 4.78 is 13.1. The Bertz CT molecular complexity index is 1110. The lowest BCUT2D eigenvalue weighted by molar-refractivity contribution is -0.109. The van der Waals surface area contributed by atoms with Crippen LogP contribution in [0, 0.1) is 11.2 Å². The number of aromatic amines is 1. The van der Waals surface area contributed by atoms with E-state index in [0.29, 0.717) is 16.8 Å². The first-order chi connectivity index (χ1) is 12.6. The molecule has 4 aromatic rings. The van der Waals surface area contributed by atoms with Crippen molar-refractivity contribution in [3.8, 4) is 11.3 Å². The standard InChI is InChI=1S/C21H15FN4/c22-15-7-4-13(5-8-15)20(23)21(24)14-6-9-19-16(11-14)17(12-26-19)18-3-1-2-10-25-18/h1-12,23-24,26H/p+1. The summed E-state index contributed by atoms with van der Waals surface area (Å²) in [5, 5.41) is 15.6. The zero-order valence-corrected chi connectivity index (χ0v) is 13.8. The van der Waals surface area contributed by atoms with E-state index >= 15 is 0 Å². The van der Waals surface area contributed by atoms with Gasteiger partial charge in [0.05, 0.1) is 5.69 Å². The maximum atomic E-state index is 13.1. The lowest BCUT2D eigenvalue weighted by Gasteiger charge is -2.04. The number of fused-ring (bicyclic) bond motifs is 1. The van der Waals surface area contributed by atoms with Crippen LogP contribution in [0.4, 0.5) is 4.39 Å². The quantitative estimate of drug-likeness (QED) is 0.489. The number of hydrogen-bond acceptors (Lipinski definition) is 2. The fourth-order valence-electron chi connectivity index (χ4n) is 2.94. The molecule has 126 valence electrons. The Balaban J connectivity index is 1.74. The first kappa shape index (κ1) is 15.9. The highest BCUT2D eigenvalue weighted by atomic mass is 19.1. The Morgan fingerprint density at radius 2 is 1.77 bits per heavy atom. The molecule has 0 aliphatic heterocycles. The number of nitrogens with zero attached hydrogens (tertiary/aromatic N) is 1. The number of nitrogens with two attached hydrogens (primary N) is 1. The van der Waals surface area contributed by atoms with E-state index < -0.39 is 0 Å². The average molecular weight is 343 g/mol. The van der Waals surface area contributed by atoms with E-state index in [2.05, 4.69) is 9.97 Å². The second-order valence-corrected chi connectivity index (χ2v) is 5.97. The molecule has 0 spiro atoms. The highest BCUT2D eigenvalue weighted by Gasteiger charge is 2.17. The second kappa shape index (κ2) is 6.37. The van der Waals surface area contributed by atoms with Crippen molar-refractivity contribution in [2.45, 2.75) is 0 Å². The van der Waals surface area contributed by atoms with Crippen molar-refractivity contribution in [1.82, 2.24) is 9.97 Å². The van der Waals surface area contributed by atoms with E-state index in [0.717, 1.165) is 22.2 Å². The van der Waals surface area contributed by atoms with Crippen molar-refractivity contribution in [3.05, 3.63) is 90.0 Å². The minimum Gasteiger partial charge on any atom is -0.360 e. The van der Waals surface area contributed by atoms with Crippen LogP contribution >= 0.6 is 0 Å². The minimum absolute atomic E-state index is 0.201. The van der Waals surface area contributed by atoms with Crippen LogP contribution in [-0.4, -0.2) is 21.4 Å². The molecule has 4 rings (SSSR count).